The fourth-order valence-corrected chi connectivity index (χ4v) is 5.18. The summed E-state index contributed by atoms with van der Waals surface area (Å²) in [6.07, 6.45) is 3.47. The van der Waals surface area contributed by atoms with E-state index in [1.807, 2.05) is 36.1 Å². The van der Waals surface area contributed by atoms with Gasteiger partial charge in [-0.15, -0.1) is 0 Å². The number of para-hydroxylation sites is 1. The second-order valence-corrected chi connectivity index (χ2v) is 9.63. The summed E-state index contributed by atoms with van der Waals surface area (Å²) in [5.41, 5.74) is 9.25. The Bertz CT molecular complexity index is 1550. The number of carbonyl (C=O) groups is 1. The minimum atomic E-state index is -0.322. The normalized spacial score (nSPS) is 16.6. The molecule has 0 radical (unpaired) electrons. The number of imidazole rings is 1. The van der Waals surface area contributed by atoms with Crippen LogP contribution in [0.3, 0.4) is 0 Å². The number of nitrogen functional groups attached to an aromatic ring is 1. The van der Waals surface area contributed by atoms with Crippen LogP contribution >= 0.6 is 0 Å². The van der Waals surface area contributed by atoms with Gasteiger partial charge in [0, 0.05) is 42.5 Å². The van der Waals surface area contributed by atoms with Crippen LogP contribution in [-0.4, -0.2) is 51.4 Å². The number of nitriles is 1. The number of nitrogens with two attached hydrogens (primary N) is 1. The van der Waals surface area contributed by atoms with E-state index in [0.717, 1.165) is 44.2 Å². The number of aromatic amines is 2. The Balaban J connectivity index is 1.40. The fraction of sp³-hybridized carbons (Fsp3) is 0.357. The molecular formula is C28H31N7O2. The van der Waals surface area contributed by atoms with Crippen LogP contribution in [0, 0.1) is 17.2 Å². The number of anilines is 1. The van der Waals surface area contributed by atoms with Crippen molar-refractivity contribution in [1.82, 2.24) is 25.2 Å². The lowest BCUT2D eigenvalue weighted by Gasteiger charge is -2.36. The smallest absolute Gasteiger partial charge is 0.261 e. The maximum Gasteiger partial charge on any atom is 0.261 e. The summed E-state index contributed by atoms with van der Waals surface area (Å²) in [7, 11) is 0. The molecule has 190 valence electrons. The van der Waals surface area contributed by atoms with E-state index in [9.17, 15) is 14.9 Å². The number of aromatic nitrogens is 3. The summed E-state index contributed by atoms with van der Waals surface area (Å²) in [4.78, 5) is 39.0. The van der Waals surface area contributed by atoms with Crippen molar-refractivity contribution in [3.8, 4) is 17.5 Å². The number of nitrogens with zero attached hydrogens (tertiary/aromatic N) is 3. The van der Waals surface area contributed by atoms with E-state index < -0.39 is 0 Å². The van der Waals surface area contributed by atoms with Crippen molar-refractivity contribution in [2.45, 2.75) is 38.6 Å². The topological polar surface area (TPSA) is 144 Å². The van der Waals surface area contributed by atoms with Crippen LogP contribution in [0.5, 0.6) is 0 Å². The molecule has 0 spiro atoms. The molecule has 1 fully saturated rings. The molecule has 1 amide bonds. The molecule has 2 atom stereocenters. The third-order valence-corrected chi connectivity index (χ3v) is 7.30. The lowest BCUT2D eigenvalue weighted by atomic mass is 9.97. The van der Waals surface area contributed by atoms with Crippen molar-refractivity contribution < 1.29 is 4.79 Å². The van der Waals surface area contributed by atoms with Crippen molar-refractivity contribution >= 4 is 33.5 Å². The molecule has 2 aromatic heterocycles. The Morgan fingerprint density at radius 3 is 2.89 bits per heavy atom. The summed E-state index contributed by atoms with van der Waals surface area (Å²) in [5, 5.41) is 13.4. The number of pyridine rings is 1. The number of hydrogen-bond acceptors (Lipinski definition) is 6. The number of piperazine rings is 1. The molecule has 2 unspecified atom stereocenters. The Hall–Kier alpha value is -4.16. The molecule has 5 rings (SSSR count). The third-order valence-electron chi connectivity index (χ3n) is 7.30. The maximum absolute atomic E-state index is 13.5. The van der Waals surface area contributed by atoms with Gasteiger partial charge in [-0.1, -0.05) is 31.5 Å². The highest BCUT2D eigenvalue weighted by atomic mass is 16.2. The molecule has 2 aromatic carbocycles. The van der Waals surface area contributed by atoms with Gasteiger partial charge in [0.2, 0.25) is 0 Å². The summed E-state index contributed by atoms with van der Waals surface area (Å²) in [6.45, 7) is 4.16. The van der Waals surface area contributed by atoms with E-state index in [-0.39, 0.29) is 29.0 Å². The van der Waals surface area contributed by atoms with E-state index >= 15 is 0 Å². The van der Waals surface area contributed by atoms with Crippen LogP contribution in [0.25, 0.3) is 33.3 Å². The van der Waals surface area contributed by atoms with Crippen LogP contribution < -0.4 is 16.6 Å². The maximum atomic E-state index is 13.5. The van der Waals surface area contributed by atoms with Gasteiger partial charge in [-0.3, -0.25) is 9.59 Å². The van der Waals surface area contributed by atoms with Gasteiger partial charge in [0.05, 0.1) is 28.3 Å². The molecule has 37 heavy (non-hydrogen) atoms. The fourth-order valence-electron chi connectivity index (χ4n) is 5.18. The SMILES string of the molecule is CCC(C#N)CCCC1CNCCN1C(=O)c1ccc2nc(-c3c(N)c4ccccc4[nH]c3=O)[nH]c2c1. The number of amides is 1. The molecule has 0 saturated carbocycles. The highest BCUT2D eigenvalue weighted by Gasteiger charge is 2.27. The van der Waals surface area contributed by atoms with Gasteiger partial charge in [0.15, 0.2) is 0 Å². The van der Waals surface area contributed by atoms with Gasteiger partial charge in [-0.2, -0.15) is 5.26 Å². The molecule has 1 aliphatic rings. The van der Waals surface area contributed by atoms with Gasteiger partial charge < -0.3 is 25.9 Å². The van der Waals surface area contributed by atoms with Crippen molar-refractivity contribution in [1.29, 1.82) is 5.26 Å². The molecule has 4 aromatic rings. The first kappa shape index (κ1) is 24.5. The van der Waals surface area contributed by atoms with Gasteiger partial charge in [0.25, 0.3) is 11.5 Å². The molecule has 1 saturated heterocycles. The molecule has 5 N–H and O–H groups in total. The first-order valence-corrected chi connectivity index (χ1v) is 12.8. The average Bonchev–Trinajstić information content (AvgIpc) is 3.34. The highest BCUT2D eigenvalue weighted by molar-refractivity contribution is 6.00. The minimum Gasteiger partial charge on any atom is -0.397 e. The number of benzene rings is 2. The largest absolute Gasteiger partial charge is 0.397 e. The monoisotopic (exact) mass is 497 g/mol. The summed E-state index contributed by atoms with van der Waals surface area (Å²) >= 11 is 0. The lowest BCUT2D eigenvalue weighted by molar-refractivity contribution is 0.0621. The van der Waals surface area contributed by atoms with E-state index in [0.29, 0.717) is 40.2 Å². The van der Waals surface area contributed by atoms with Crippen LogP contribution in [0.15, 0.2) is 47.3 Å². The Morgan fingerprint density at radius 1 is 1.24 bits per heavy atom. The van der Waals surface area contributed by atoms with E-state index in [2.05, 4.69) is 26.3 Å². The second-order valence-electron chi connectivity index (χ2n) is 9.63. The summed E-state index contributed by atoms with van der Waals surface area (Å²) < 4.78 is 0. The zero-order valence-corrected chi connectivity index (χ0v) is 20.9. The van der Waals surface area contributed by atoms with E-state index in [1.165, 1.54) is 0 Å². The number of hydrogen-bond donors (Lipinski definition) is 4. The number of rotatable bonds is 7. The molecule has 1 aliphatic heterocycles. The van der Waals surface area contributed by atoms with Gasteiger partial charge in [-0.25, -0.2) is 4.98 Å². The van der Waals surface area contributed by atoms with Gasteiger partial charge in [-0.05, 0) is 43.5 Å². The Labute approximate surface area is 214 Å². The van der Waals surface area contributed by atoms with Gasteiger partial charge in [0.1, 0.15) is 11.4 Å². The Morgan fingerprint density at radius 2 is 2.08 bits per heavy atom. The van der Waals surface area contributed by atoms with Crippen molar-refractivity contribution in [2.24, 2.45) is 5.92 Å². The number of carbonyl (C=O) groups excluding carboxylic acids is 1. The van der Waals surface area contributed by atoms with E-state index in [4.69, 9.17) is 5.73 Å². The first-order valence-electron chi connectivity index (χ1n) is 12.8. The molecule has 9 nitrogen and oxygen atoms in total. The second kappa shape index (κ2) is 10.4. The molecular weight excluding hydrogens is 466 g/mol. The zero-order valence-electron chi connectivity index (χ0n) is 20.9. The van der Waals surface area contributed by atoms with E-state index in [1.54, 1.807) is 18.2 Å². The number of H-pyrrole nitrogens is 2. The quantitative estimate of drug-likeness (QED) is 0.306. The molecule has 0 bridgehead atoms. The number of nitrogens with one attached hydrogen (secondary N) is 3. The van der Waals surface area contributed by atoms with Crippen molar-refractivity contribution in [3.63, 3.8) is 0 Å². The summed E-state index contributed by atoms with van der Waals surface area (Å²) in [6, 6.07) is 15.2. The lowest BCUT2D eigenvalue weighted by Crippen LogP contribution is -2.53. The van der Waals surface area contributed by atoms with Gasteiger partial charge >= 0.3 is 0 Å². The average molecular weight is 498 g/mol. The predicted molar refractivity (Wildman–Crippen MR) is 145 cm³/mol. The summed E-state index contributed by atoms with van der Waals surface area (Å²) in [5.74, 6) is 0.411. The van der Waals surface area contributed by atoms with Crippen LogP contribution in [0.1, 0.15) is 43.0 Å². The number of fused-ring (bicyclic) bond motifs is 2. The standard InChI is InChI=1S/C28H31N7O2/c1-2-17(15-29)6-5-7-19-16-31-12-13-35(19)28(37)18-10-11-22-23(14-18)33-26(32-22)24-25(30)20-8-3-4-9-21(20)34-27(24)36/h3-4,8-11,14,17,19,31H,2,5-7,12-13,16H2,1H3,(H,32,33)(H3,30,34,36). The molecule has 0 aliphatic carbocycles. The zero-order chi connectivity index (χ0) is 25.9. The third kappa shape index (κ3) is 4.80. The van der Waals surface area contributed by atoms with Crippen molar-refractivity contribution in [2.75, 3.05) is 25.4 Å². The minimum absolute atomic E-state index is 0.0278. The first-order chi connectivity index (χ1) is 18.0. The highest BCUT2D eigenvalue weighted by Crippen LogP contribution is 2.28. The molecule has 9 heteroatoms. The van der Waals surface area contributed by atoms with Crippen LogP contribution in [-0.2, 0) is 0 Å². The Kier molecular flexibility index (Phi) is 6.93. The predicted octanol–water partition coefficient (Wildman–Crippen LogP) is 3.79. The van der Waals surface area contributed by atoms with Crippen LogP contribution in [0.2, 0.25) is 0 Å². The van der Waals surface area contributed by atoms with Crippen molar-refractivity contribution in [3.05, 3.63) is 58.4 Å². The van der Waals surface area contributed by atoms with Crippen LogP contribution in [0.4, 0.5) is 5.69 Å². The molecule has 3 heterocycles.